The van der Waals surface area contributed by atoms with Gasteiger partial charge in [-0.05, 0) is 12.8 Å². The van der Waals surface area contributed by atoms with E-state index in [9.17, 15) is 9.18 Å². The lowest BCUT2D eigenvalue weighted by Crippen LogP contribution is -2.59. The van der Waals surface area contributed by atoms with Crippen molar-refractivity contribution in [1.82, 2.24) is 35.0 Å². The summed E-state index contributed by atoms with van der Waals surface area (Å²) in [7, 11) is 0. The molecule has 2 fully saturated rings. The van der Waals surface area contributed by atoms with Gasteiger partial charge in [0.15, 0.2) is 17.4 Å². The number of H-pyrrole nitrogens is 1. The van der Waals surface area contributed by atoms with Crippen LogP contribution in [0.3, 0.4) is 0 Å². The maximum absolute atomic E-state index is 14.6. The number of alkyl halides is 1. The third kappa shape index (κ3) is 3.51. The van der Waals surface area contributed by atoms with Crippen molar-refractivity contribution >= 4 is 0 Å². The van der Waals surface area contributed by atoms with E-state index < -0.39 is 12.3 Å². The van der Waals surface area contributed by atoms with E-state index in [1.807, 2.05) is 0 Å². The number of fused-ring (bicyclic) bond motifs is 2. The lowest BCUT2D eigenvalue weighted by Gasteiger charge is -2.42. The third-order valence-corrected chi connectivity index (χ3v) is 5.51. The van der Waals surface area contributed by atoms with Gasteiger partial charge in [0.1, 0.15) is 18.2 Å². The fraction of sp³-hybridized carbons (Fsp3) is 0.421. The quantitative estimate of drug-likeness (QED) is 0.685. The molecule has 0 spiro atoms. The number of aromatic amines is 1. The standard InChI is InChI=1S/C19H20FN7O2/c20-18-13-3-1-2-11(24-13)6-15(18)29-17-9-23-19(26-25-17)12-8-22-16(7-14(12)28)27-5-4-21-10-27/h4-5,7-11,13,15,18,24H,1-3,6H2,(H,22,28)/t11-,13+,15-,18-/m1/s1. The van der Waals surface area contributed by atoms with Crippen LogP contribution in [0.15, 0.2) is 42.0 Å². The predicted octanol–water partition coefficient (Wildman–Crippen LogP) is 1.41. The summed E-state index contributed by atoms with van der Waals surface area (Å²) in [6.07, 6.45) is 9.67. The lowest BCUT2D eigenvalue weighted by atomic mass is 9.84. The van der Waals surface area contributed by atoms with E-state index in [0.717, 1.165) is 19.3 Å². The van der Waals surface area contributed by atoms with Gasteiger partial charge in [-0.25, -0.2) is 14.4 Å². The number of hydrogen-bond acceptors (Lipinski definition) is 7. The molecule has 5 rings (SSSR count). The smallest absolute Gasteiger partial charge is 0.252 e. The zero-order valence-corrected chi connectivity index (χ0v) is 15.5. The van der Waals surface area contributed by atoms with E-state index in [1.54, 1.807) is 23.3 Å². The lowest BCUT2D eigenvalue weighted by molar-refractivity contribution is 0.00628. The molecule has 0 radical (unpaired) electrons. The molecular weight excluding hydrogens is 377 g/mol. The molecule has 5 heterocycles. The minimum Gasteiger partial charge on any atom is -0.469 e. The Kier molecular flexibility index (Phi) is 4.55. The van der Waals surface area contributed by atoms with Crippen molar-refractivity contribution in [2.24, 2.45) is 0 Å². The molecule has 0 unspecified atom stereocenters. The van der Waals surface area contributed by atoms with Crippen molar-refractivity contribution in [3.63, 3.8) is 0 Å². The normalized spacial score (nSPS) is 26.2. The summed E-state index contributed by atoms with van der Waals surface area (Å²) >= 11 is 0. The molecule has 2 N–H and O–H groups in total. The Morgan fingerprint density at radius 1 is 1.28 bits per heavy atom. The summed E-state index contributed by atoms with van der Waals surface area (Å²) in [6, 6.07) is 1.55. The van der Waals surface area contributed by atoms with E-state index >= 15 is 0 Å². The van der Waals surface area contributed by atoms with Gasteiger partial charge in [0, 0.05) is 43.2 Å². The molecule has 2 saturated heterocycles. The first kappa shape index (κ1) is 17.9. The fourth-order valence-electron chi connectivity index (χ4n) is 4.06. The molecule has 2 aliphatic heterocycles. The van der Waals surface area contributed by atoms with E-state index in [1.165, 1.54) is 18.5 Å². The Bertz CT molecular complexity index is 1040. The molecule has 4 atom stereocenters. The van der Waals surface area contributed by atoms with Gasteiger partial charge in [-0.1, -0.05) is 6.42 Å². The van der Waals surface area contributed by atoms with Crippen LogP contribution in [-0.2, 0) is 0 Å². The number of imidazole rings is 1. The van der Waals surface area contributed by atoms with E-state index in [4.69, 9.17) is 4.74 Å². The highest BCUT2D eigenvalue weighted by molar-refractivity contribution is 5.53. The van der Waals surface area contributed by atoms with Crippen molar-refractivity contribution in [1.29, 1.82) is 0 Å². The molecule has 0 aliphatic carbocycles. The summed E-state index contributed by atoms with van der Waals surface area (Å²) in [4.78, 5) is 23.6. The summed E-state index contributed by atoms with van der Waals surface area (Å²) in [5, 5.41) is 11.3. The van der Waals surface area contributed by atoms with Crippen LogP contribution in [0.1, 0.15) is 25.7 Å². The molecule has 3 aromatic heterocycles. The van der Waals surface area contributed by atoms with Crippen LogP contribution in [-0.4, -0.2) is 54.1 Å². The SMILES string of the molecule is O=c1cc(-n2ccnc2)[nH]cc1-c1ncc(O[C@@H]2C[C@H]3CCC[C@H](N3)[C@H]2F)nn1. The minimum absolute atomic E-state index is 0.160. The van der Waals surface area contributed by atoms with Crippen LogP contribution in [0.5, 0.6) is 5.88 Å². The van der Waals surface area contributed by atoms with Crippen molar-refractivity contribution < 1.29 is 9.13 Å². The molecule has 10 heteroatoms. The zero-order chi connectivity index (χ0) is 19.8. The highest BCUT2D eigenvalue weighted by Gasteiger charge is 2.41. The zero-order valence-electron chi connectivity index (χ0n) is 15.5. The average Bonchev–Trinajstić information content (AvgIpc) is 3.28. The molecule has 29 heavy (non-hydrogen) atoms. The van der Waals surface area contributed by atoms with Crippen LogP contribution in [0, 0.1) is 0 Å². The van der Waals surface area contributed by atoms with Crippen molar-refractivity contribution in [3.05, 3.63) is 47.4 Å². The number of rotatable bonds is 4. The molecular formula is C19H20FN7O2. The second-order valence-electron chi connectivity index (χ2n) is 7.42. The van der Waals surface area contributed by atoms with Gasteiger partial charge < -0.3 is 15.0 Å². The molecule has 150 valence electrons. The van der Waals surface area contributed by atoms with Crippen molar-refractivity contribution in [2.75, 3.05) is 0 Å². The van der Waals surface area contributed by atoms with E-state index in [2.05, 4.69) is 30.5 Å². The monoisotopic (exact) mass is 397 g/mol. The average molecular weight is 397 g/mol. The Balaban J connectivity index is 1.32. The molecule has 2 aliphatic rings. The molecule has 9 nitrogen and oxygen atoms in total. The maximum atomic E-state index is 14.6. The number of halogens is 1. The van der Waals surface area contributed by atoms with Gasteiger partial charge in [0.05, 0.1) is 11.8 Å². The number of pyridine rings is 1. The summed E-state index contributed by atoms with van der Waals surface area (Å²) in [5.41, 5.74) is 0.0330. The van der Waals surface area contributed by atoms with Crippen LogP contribution in [0.4, 0.5) is 4.39 Å². The molecule has 0 amide bonds. The summed E-state index contributed by atoms with van der Waals surface area (Å²) in [5.74, 6) is 0.914. The predicted molar refractivity (Wildman–Crippen MR) is 101 cm³/mol. The van der Waals surface area contributed by atoms with Crippen molar-refractivity contribution in [3.8, 4) is 23.1 Å². The Labute approximate surface area is 165 Å². The van der Waals surface area contributed by atoms with Crippen LogP contribution >= 0.6 is 0 Å². The minimum atomic E-state index is -1.09. The number of nitrogens with zero attached hydrogens (tertiary/aromatic N) is 5. The molecule has 2 bridgehead atoms. The first-order valence-corrected chi connectivity index (χ1v) is 9.65. The summed E-state index contributed by atoms with van der Waals surface area (Å²) < 4.78 is 22.1. The van der Waals surface area contributed by atoms with Gasteiger partial charge in [-0.15, -0.1) is 10.2 Å². The van der Waals surface area contributed by atoms with Crippen LogP contribution in [0.2, 0.25) is 0 Å². The molecule has 3 aromatic rings. The Morgan fingerprint density at radius 3 is 2.97 bits per heavy atom. The first-order valence-electron chi connectivity index (χ1n) is 9.65. The van der Waals surface area contributed by atoms with Crippen LogP contribution < -0.4 is 15.5 Å². The van der Waals surface area contributed by atoms with Crippen molar-refractivity contribution in [2.45, 2.75) is 50.0 Å². The second kappa shape index (κ2) is 7.36. The van der Waals surface area contributed by atoms with E-state index in [-0.39, 0.29) is 34.8 Å². The summed E-state index contributed by atoms with van der Waals surface area (Å²) in [6.45, 7) is 0. The van der Waals surface area contributed by atoms with Gasteiger partial charge in [-0.3, -0.25) is 9.36 Å². The molecule has 0 aromatic carbocycles. The number of ether oxygens (including phenoxy) is 1. The van der Waals surface area contributed by atoms with Gasteiger partial charge in [-0.2, -0.15) is 0 Å². The number of aromatic nitrogens is 6. The maximum Gasteiger partial charge on any atom is 0.252 e. The number of nitrogens with one attached hydrogen (secondary N) is 2. The number of hydrogen-bond donors (Lipinski definition) is 2. The van der Waals surface area contributed by atoms with Gasteiger partial charge in [0.2, 0.25) is 0 Å². The Morgan fingerprint density at radius 2 is 2.21 bits per heavy atom. The van der Waals surface area contributed by atoms with Gasteiger partial charge >= 0.3 is 0 Å². The molecule has 0 saturated carbocycles. The van der Waals surface area contributed by atoms with Crippen LogP contribution in [0.25, 0.3) is 17.2 Å². The van der Waals surface area contributed by atoms with E-state index in [0.29, 0.717) is 12.2 Å². The third-order valence-electron chi connectivity index (χ3n) is 5.51. The highest BCUT2D eigenvalue weighted by Crippen LogP contribution is 2.30. The van der Waals surface area contributed by atoms with Gasteiger partial charge in [0.25, 0.3) is 5.88 Å². The number of piperidine rings is 2. The largest absolute Gasteiger partial charge is 0.469 e. The topological polar surface area (TPSA) is 111 Å². The Hall–Kier alpha value is -3.14. The fourth-order valence-corrected chi connectivity index (χ4v) is 4.06. The second-order valence-corrected chi connectivity index (χ2v) is 7.42. The highest BCUT2D eigenvalue weighted by atomic mass is 19.1. The first-order chi connectivity index (χ1) is 14.2.